The van der Waals surface area contributed by atoms with Gasteiger partial charge in [0.15, 0.2) is 0 Å². The molecule has 0 radical (unpaired) electrons. The number of hydrogen-bond donors (Lipinski definition) is 1. The van der Waals surface area contributed by atoms with Crippen LogP contribution in [0.25, 0.3) is 0 Å². The van der Waals surface area contributed by atoms with Crippen LogP contribution in [0, 0.1) is 11.6 Å². The summed E-state index contributed by atoms with van der Waals surface area (Å²) < 4.78 is 30.2. The third-order valence-electron chi connectivity index (χ3n) is 2.15. The lowest BCUT2D eigenvalue weighted by molar-refractivity contribution is 0.577. The van der Waals surface area contributed by atoms with E-state index in [-0.39, 0.29) is 4.90 Å². The molecule has 1 aromatic carbocycles. The largest absolute Gasteiger partial charge is 0.374 e. The molecule has 1 N–H and O–H groups in total. The number of nitrogens with one attached hydrogen (secondary N) is 1. The highest BCUT2D eigenvalue weighted by Crippen LogP contribution is 2.29. The summed E-state index contributed by atoms with van der Waals surface area (Å²) in [6, 6.07) is 3.42. The van der Waals surface area contributed by atoms with Crippen molar-refractivity contribution in [3.63, 3.8) is 0 Å². The lowest BCUT2D eigenvalue weighted by atomic mass is 10.3. The van der Waals surface area contributed by atoms with E-state index in [4.69, 9.17) is 0 Å². The smallest absolute Gasteiger partial charge is 0.136 e. The lowest BCUT2D eigenvalue weighted by Gasteiger charge is -2.03. The maximum atomic E-state index is 13.4. The van der Waals surface area contributed by atoms with Crippen LogP contribution in [0.3, 0.4) is 0 Å². The van der Waals surface area contributed by atoms with E-state index < -0.39 is 11.6 Å². The highest BCUT2D eigenvalue weighted by atomic mass is 32.2. The molecule has 96 valence electrons. The van der Waals surface area contributed by atoms with E-state index in [1.165, 1.54) is 29.4 Å². The average molecular weight is 287 g/mol. The van der Waals surface area contributed by atoms with Gasteiger partial charge in [-0.2, -0.15) is 0 Å². The minimum Gasteiger partial charge on any atom is -0.374 e. The molecule has 3 nitrogen and oxygen atoms in total. The van der Waals surface area contributed by atoms with Gasteiger partial charge in [0.05, 0.1) is 0 Å². The normalized spacial score (nSPS) is 10.6. The zero-order valence-electron chi connectivity index (χ0n) is 9.61. The van der Waals surface area contributed by atoms with Crippen molar-refractivity contribution in [2.24, 2.45) is 0 Å². The Kier molecular flexibility index (Phi) is 4.48. The molecular weight excluding hydrogens is 276 g/mol. The van der Waals surface area contributed by atoms with Crippen LogP contribution in [-0.2, 0) is 5.75 Å². The Morgan fingerprint density at radius 3 is 3.00 bits per heavy atom. The van der Waals surface area contributed by atoms with Gasteiger partial charge in [-0.1, -0.05) is 4.49 Å². The molecule has 1 heterocycles. The Bertz CT molecular complexity index is 531. The van der Waals surface area contributed by atoms with Crippen LogP contribution in [0.15, 0.2) is 23.1 Å². The first-order valence-electron chi connectivity index (χ1n) is 5.33. The van der Waals surface area contributed by atoms with Crippen molar-refractivity contribution < 1.29 is 8.78 Å². The van der Waals surface area contributed by atoms with Gasteiger partial charge in [-0.3, -0.25) is 0 Å². The quantitative estimate of drug-likeness (QED) is 0.854. The van der Waals surface area contributed by atoms with Crippen molar-refractivity contribution in [1.29, 1.82) is 0 Å². The molecule has 1 aromatic heterocycles. The standard InChI is InChI=1S/C11H11F2N3S2/c1-2-14-11-9(15-16-18-11)6-17-10-5-7(12)3-4-8(10)13/h3-5,14H,2,6H2,1H3. The molecule has 0 bridgehead atoms. The van der Waals surface area contributed by atoms with Gasteiger partial charge in [0.1, 0.15) is 22.3 Å². The van der Waals surface area contributed by atoms with Crippen molar-refractivity contribution in [2.45, 2.75) is 17.6 Å². The van der Waals surface area contributed by atoms with Gasteiger partial charge in [0, 0.05) is 28.7 Å². The summed E-state index contributed by atoms with van der Waals surface area (Å²) >= 11 is 2.47. The summed E-state index contributed by atoms with van der Waals surface area (Å²) in [6.45, 7) is 2.75. The summed E-state index contributed by atoms with van der Waals surface area (Å²) in [5.41, 5.74) is 0.760. The fourth-order valence-electron chi connectivity index (χ4n) is 1.33. The van der Waals surface area contributed by atoms with E-state index in [0.717, 1.165) is 29.4 Å². The summed E-state index contributed by atoms with van der Waals surface area (Å²) in [5.74, 6) is -0.407. The second-order valence-electron chi connectivity index (χ2n) is 3.44. The third kappa shape index (κ3) is 3.17. The second-order valence-corrected chi connectivity index (χ2v) is 5.21. The number of hydrogen-bond acceptors (Lipinski definition) is 5. The molecule has 7 heteroatoms. The molecule has 2 aromatic rings. The van der Waals surface area contributed by atoms with Gasteiger partial charge in [0.2, 0.25) is 0 Å². The fraction of sp³-hybridized carbons (Fsp3) is 0.273. The first-order valence-corrected chi connectivity index (χ1v) is 7.09. The van der Waals surface area contributed by atoms with Gasteiger partial charge in [0.25, 0.3) is 0 Å². The van der Waals surface area contributed by atoms with Gasteiger partial charge >= 0.3 is 0 Å². The Morgan fingerprint density at radius 1 is 1.39 bits per heavy atom. The van der Waals surface area contributed by atoms with Crippen molar-refractivity contribution in [3.05, 3.63) is 35.5 Å². The van der Waals surface area contributed by atoms with Crippen molar-refractivity contribution in [1.82, 2.24) is 9.59 Å². The minimum absolute atomic E-state index is 0.283. The zero-order valence-corrected chi connectivity index (χ0v) is 11.2. The molecule has 0 amide bonds. The maximum absolute atomic E-state index is 13.4. The van der Waals surface area contributed by atoms with E-state index >= 15 is 0 Å². The average Bonchev–Trinajstić information content (AvgIpc) is 2.78. The maximum Gasteiger partial charge on any atom is 0.136 e. The predicted molar refractivity (Wildman–Crippen MR) is 70.0 cm³/mol. The number of anilines is 1. The summed E-state index contributed by atoms with van der Waals surface area (Å²) in [7, 11) is 0. The molecule has 0 aliphatic heterocycles. The molecular formula is C11H11F2N3S2. The van der Waals surface area contributed by atoms with Gasteiger partial charge < -0.3 is 5.32 Å². The molecule has 0 unspecified atom stereocenters. The van der Waals surface area contributed by atoms with Crippen LogP contribution in [0.4, 0.5) is 13.8 Å². The zero-order chi connectivity index (χ0) is 13.0. The molecule has 0 saturated carbocycles. The number of benzene rings is 1. The molecule has 0 aliphatic rings. The lowest BCUT2D eigenvalue weighted by Crippen LogP contribution is -1.97. The summed E-state index contributed by atoms with van der Waals surface area (Å²) in [5, 5.41) is 7.98. The molecule has 0 atom stereocenters. The fourth-order valence-corrected chi connectivity index (χ4v) is 2.97. The summed E-state index contributed by atoms with van der Waals surface area (Å²) in [6.07, 6.45) is 0. The number of nitrogens with zero attached hydrogens (tertiary/aromatic N) is 2. The Balaban J connectivity index is 2.06. The number of aromatic nitrogens is 2. The first kappa shape index (κ1) is 13.2. The first-order chi connectivity index (χ1) is 8.70. The highest BCUT2D eigenvalue weighted by Gasteiger charge is 2.10. The van der Waals surface area contributed by atoms with E-state index in [2.05, 4.69) is 14.9 Å². The van der Waals surface area contributed by atoms with Gasteiger partial charge in [-0.05, 0) is 25.1 Å². The molecule has 0 aliphatic carbocycles. The Morgan fingerprint density at radius 2 is 2.22 bits per heavy atom. The topological polar surface area (TPSA) is 37.8 Å². The Hall–Kier alpha value is -1.21. The van der Waals surface area contributed by atoms with Crippen LogP contribution < -0.4 is 5.32 Å². The molecule has 0 fully saturated rings. The summed E-state index contributed by atoms with van der Waals surface area (Å²) in [4.78, 5) is 0.283. The number of rotatable bonds is 5. The molecule has 2 rings (SSSR count). The van der Waals surface area contributed by atoms with E-state index in [1.54, 1.807) is 0 Å². The van der Waals surface area contributed by atoms with Crippen LogP contribution in [0.1, 0.15) is 12.6 Å². The van der Waals surface area contributed by atoms with Crippen molar-refractivity contribution >= 4 is 28.3 Å². The predicted octanol–water partition coefficient (Wildman–Crippen LogP) is 3.54. The van der Waals surface area contributed by atoms with Crippen molar-refractivity contribution in [2.75, 3.05) is 11.9 Å². The monoisotopic (exact) mass is 287 g/mol. The van der Waals surface area contributed by atoms with Crippen LogP contribution in [0.5, 0.6) is 0 Å². The van der Waals surface area contributed by atoms with Crippen LogP contribution >= 0.6 is 23.3 Å². The molecule has 18 heavy (non-hydrogen) atoms. The van der Waals surface area contributed by atoms with Crippen LogP contribution in [-0.4, -0.2) is 16.1 Å². The number of thioether (sulfide) groups is 1. The van der Waals surface area contributed by atoms with E-state index in [0.29, 0.717) is 5.75 Å². The van der Waals surface area contributed by atoms with E-state index in [9.17, 15) is 8.78 Å². The SMILES string of the molecule is CCNc1snnc1CSc1cc(F)ccc1F. The minimum atomic E-state index is -0.442. The Labute approximate surface area is 112 Å². The molecule has 0 spiro atoms. The van der Waals surface area contributed by atoms with Crippen molar-refractivity contribution in [3.8, 4) is 0 Å². The second kappa shape index (κ2) is 6.10. The van der Waals surface area contributed by atoms with E-state index in [1.807, 2.05) is 6.92 Å². The van der Waals surface area contributed by atoms with Crippen LogP contribution in [0.2, 0.25) is 0 Å². The number of halogens is 2. The van der Waals surface area contributed by atoms with Gasteiger partial charge in [-0.15, -0.1) is 16.9 Å². The molecule has 0 saturated heterocycles. The van der Waals surface area contributed by atoms with Gasteiger partial charge in [-0.25, -0.2) is 8.78 Å². The third-order valence-corrected chi connectivity index (χ3v) is 3.92. The highest BCUT2D eigenvalue weighted by molar-refractivity contribution is 7.98.